The third kappa shape index (κ3) is 2.58. The summed E-state index contributed by atoms with van der Waals surface area (Å²) in [6.07, 6.45) is 0. The molecule has 2 N–H and O–H groups in total. The van der Waals surface area contributed by atoms with E-state index in [0.29, 0.717) is 0 Å². The largest absolute Gasteiger partial charge is 0.320 e. The van der Waals surface area contributed by atoms with Crippen LogP contribution >= 0.6 is 15.9 Å². The Labute approximate surface area is 121 Å². The highest BCUT2D eigenvalue weighted by atomic mass is 79.9. The van der Waals surface area contributed by atoms with Crippen LogP contribution in [0.1, 0.15) is 22.7 Å². The Hall–Kier alpha value is -1.40. The number of rotatable bonds is 2. The van der Waals surface area contributed by atoms with Crippen molar-refractivity contribution < 1.29 is 17.6 Å². The third-order valence-corrected chi connectivity index (χ3v) is 3.61. The summed E-state index contributed by atoms with van der Waals surface area (Å²) in [6, 6.07) is 2.55. The fourth-order valence-corrected chi connectivity index (χ4v) is 2.21. The van der Waals surface area contributed by atoms with Gasteiger partial charge in [-0.05, 0) is 46.6 Å². The highest BCUT2D eigenvalue weighted by Crippen LogP contribution is 2.30. The molecule has 106 valence electrons. The summed E-state index contributed by atoms with van der Waals surface area (Å²) in [5.41, 5.74) is 5.09. The average molecular weight is 348 g/mol. The van der Waals surface area contributed by atoms with E-state index < -0.39 is 34.9 Å². The van der Waals surface area contributed by atoms with Gasteiger partial charge in [0.2, 0.25) is 0 Å². The Morgan fingerprint density at radius 1 is 1.00 bits per heavy atom. The van der Waals surface area contributed by atoms with Crippen molar-refractivity contribution in [1.29, 1.82) is 0 Å². The van der Waals surface area contributed by atoms with Crippen LogP contribution in [0.2, 0.25) is 0 Å². The minimum atomic E-state index is -1.43. The topological polar surface area (TPSA) is 26.0 Å². The molecule has 1 nitrogen and oxygen atoms in total. The highest BCUT2D eigenvalue weighted by Gasteiger charge is 2.23. The standard InChI is InChI=1S/C14H10BrF4N/c1-6-2-3-9(16)12(13(6)19)14(20)7-4-11(18)8(15)5-10(7)17/h2-5,14H,20H2,1H3. The van der Waals surface area contributed by atoms with Crippen LogP contribution in [-0.4, -0.2) is 0 Å². The molecule has 2 aromatic carbocycles. The van der Waals surface area contributed by atoms with Crippen molar-refractivity contribution in [3.63, 3.8) is 0 Å². The first-order valence-electron chi connectivity index (χ1n) is 5.67. The molecule has 0 saturated carbocycles. The van der Waals surface area contributed by atoms with Crippen molar-refractivity contribution in [3.8, 4) is 0 Å². The molecule has 0 fully saturated rings. The average Bonchev–Trinajstić information content (AvgIpc) is 2.38. The number of nitrogens with two attached hydrogens (primary N) is 1. The molecule has 1 unspecified atom stereocenters. The lowest BCUT2D eigenvalue weighted by Gasteiger charge is -2.16. The SMILES string of the molecule is Cc1ccc(F)c(C(N)c2cc(F)c(Br)cc2F)c1F. The number of halogens is 5. The zero-order valence-corrected chi connectivity index (χ0v) is 11.9. The summed E-state index contributed by atoms with van der Waals surface area (Å²) in [5, 5.41) is 0. The van der Waals surface area contributed by atoms with Crippen molar-refractivity contribution in [2.24, 2.45) is 5.73 Å². The number of hydrogen-bond donors (Lipinski definition) is 1. The summed E-state index contributed by atoms with van der Waals surface area (Å²) in [5.74, 6) is -3.36. The molecule has 0 spiro atoms. The molecule has 0 aromatic heterocycles. The first-order valence-corrected chi connectivity index (χ1v) is 6.46. The lowest BCUT2D eigenvalue weighted by molar-refractivity contribution is 0.524. The predicted octanol–water partition coefficient (Wildman–Crippen LogP) is 4.36. The monoisotopic (exact) mass is 347 g/mol. The number of benzene rings is 2. The summed E-state index contributed by atoms with van der Waals surface area (Å²) < 4.78 is 54.9. The van der Waals surface area contributed by atoms with Crippen LogP contribution in [0.5, 0.6) is 0 Å². The molecule has 0 aliphatic rings. The molecule has 0 aliphatic heterocycles. The molecular weight excluding hydrogens is 338 g/mol. The third-order valence-electron chi connectivity index (χ3n) is 3.01. The van der Waals surface area contributed by atoms with Gasteiger partial charge in [-0.2, -0.15) is 0 Å². The Kier molecular flexibility index (Phi) is 4.15. The molecule has 2 aromatic rings. The molecule has 20 heavy (non-hydrogen) atoms. The highest BCUT2D eigenvalue weighted by molar-refractivity contribution is 9.10. The van der Waals surface area contributed by atoms with Crippen molar-refractivity contribution in [3.05, 3.63) is 68.7 Å². The van der Waals surface area contributed by atoms with Gasteiger partial charge in [0.1, 0.15) is 23.3 Å². The fraction of sp³-hybridized carbons (Fsp3) is 0.143. The van der Waals surface area contributed by atoms with E-state index in [-0.39, 0.29) is 15.6 Å². The van der Waals surface area contributed by atoms with Gasteiger partial charge < -0.3 is 5.73 Å². The van der Waals surface area contributed by atoms with Gasteiger partial charge in [-0.15, -0.1) is 0 Å². The fourth-order valence-electron chi connectivity index (χ4n) is 1.90. The normalized spacial score (nSPS) is 12.6. The van der Waals surface area contributed by atoms with E-state index in [0.717, 1.165) is 18.2 Å². The Morgan fingerprint density at radius 2 is 1.65 bits per heavy atom. The molecular formula is C14H10BrF4N. The van der Waals surface area contributed by atoms with Crippen LogP contribution in [0.25, 0.3) is 0 Å². The van der Waals surface area contributed by atoms with Gasteiger partial charge in [0.15, 0.2) is 0 Å². The molecule has 0 bridgehead atoms. The molecule has 0 heterocycles. The molecule has 2 rings (SSSR count). The van der Waals surface area contributed by atoms with Crippen LogP contribution < -0.4 is 5.73 Å². The van der Waals surface area contributed by atoms with Gasteiger partial charge in [0.05, 0.1) is 10.5 Å². The van der Waals surface area contributed by atoms with E-state index in [1.54, 1.807) is 0 Å². The van der Waals surface area contributed by atoms with Gasteiger partial charge in [-0.3, -0.25) is 0 Å². The van der Waals surface area contributed by atoms with Crippen LogP contribution in [-0.2, 0) is 0 Å². The molecule has 0 amide bonds. The summed E-state index contributed by atoms with van der Waals surface area (Å²) in [7, 11) is 0. The summed E-state index contributed by atoms with van der Waals surface area (Å²) in [6.45, 7) is 1.43. The van der Waals surface area contributed by atoms with E-state index in [1.165, 1.54) is 13.0 Å². The molecule has 6 heteroatoms. The predicted molar refractivity (Wildman–Crippen MR) is 71.2 cm³/mol. The van der Waals surface area contributed by atoms with Gasteiger partial charge in [-0.1, -0.05) is 6.07 Å². The van der Waals surface area contributed by atoms with Crippen LogP contribution in [0.4, 0.5) is 17.6 Å². The zero-order chi connectivity index (χ0) is 15.0. The Balaban J connectivity index is 2.60. The number of hydrogen-bond acceptors (Lipinski definition) is 1. The minimum absolute atomic E-state index is 0.0869. The zero-order valence-electron chi connectivity index (χ0n) is 10.4. The molecule has 0 aliphatic carbocycles. The van der Waals surface area contributed by atoms with Gasteiger partial charge in [0.25, 0.3) is 0 Å². The van der Waals surface area contributed by atoms with Crippen LogP contribution in [0, 0.1) is 30.2 Å². The second-order valence-electron chi connectivity index (χ2n) is 4.36. The molecule has 1 atom stereocenters. The molecule has 0 radical (unpaired) electrons. The van der Waals surface area contributed by atoms with E-state index in [1.807, 2.05) is 0 Å². The van der Waals surface area contributed by atoms with Crippen LogP contribution in [0.15, 0.2) is 28.7 Å². The smallest absolute Gasteiger partial charge is 0.137 e. The van der Waals surface area contributed by atoms with E-state index in [9.17, 15) is 17.6 Å². The van der Waals surface area contributed by atoms with E-state index in [2.05, 4.69) is 15.9 Å². The molecule has 0 saturated heterocycles. The van der Waals surface area contributed by atoms with Crippen molar-refractivity contribution in [1.82, 2.24) is 0 Å². The first-order chi connectivity index (χ1) is 9.32. The second-order valence-corrected chi connectivity index (χ2v) is 5.21. The number of aryl methyl sites for hydroxylation is 1. The summed E-state index contributed by atoms with van der Waals surface area (Å²) >= 11 is 2.82. The van der Waals surface area contributed by atoms with Crippen molar-refractivity contribution in [2.45, 2.75) is 13.0 Å². The van der Waals surface area contributed by atoms with Gasteiger partial charge >= 0.3 is 0 Å². The van der Waals surface area contributed by atoms with Crippen molar-refractivity contribution in [2.75, 3.05) is 0 Å². The quantitative estimate of drug-likeness (QED) is 0.633. The van der Waals surface area contributed by atoms with Gasteiger partial charge in [-0.25, -0.2) is 17.6 Å². The lowest BCUT2D eigenvalue weighted by atomic mass is 9.96. The second kappa shape index (κ2) is 5.54. The van der Waals surface area contributed by atoms with Crippen molar-refractivity contribution >= 4 is 15.9 Å². The Morgan fingerprint density at radius 3 is 2.30 bits per heavy atom. The lowest BCUT2D eigenvalue weighted by Crippen LogP contribution is -2.18. The maximum atomic E-state index is 14.0. The minimum Gasteiger partial charge on any atom is -0.320 e. The first kappa shape index (κ1) is 15.0. The maximum absolute atomic E-state index is 14.0. The van der Waals surface area contributed by atoms with Gasteiger partial charge in [0, 0.05) is 11.1 Å². The van der Waals surface area contributed by atoms with Crippen LogP contribution in [0.3, 0.4) is 0 Å². The van der Waals surface area contributed by atoms with E-state index in [4.69, 9.17) is 5.73 Å². The van der Waals surface area contributed by atoms with E-state index >= 15 is 0 Å². The Bertz CT molecular complexity index is 673. The maximum Gasteiger partial charge on any atom is 0.137 e. The summed E-state index contributed by atoms with van der Waals surface area (Å²) in [4.78, 5) is 0.